The molecule has 31 heavy (non-hydrogen) atoms. The van der Waals surface area contributed by atoms with Crippen molar-refractivity contribution in [3.63, 3.8) is 0 Å². The first-order valence-electron chi connectivity index (χ1n) is 9.95. The van der Waals surface area contributed by atoms with Gasteiger partial charge in [-0.1, -0.05) is 36.4 Å². The Balaban J connectivity index is 1.45. The lowest BCUT2D eigenvalue weighted by Gasteiger charge is -2.16. The van der Waals surface area contributed by atoms with E-state index >= 15 is 0 Å². The molecule has 7 heteroatoms. The third kappa shape index (κ3) is 5.08. The third-order valence-electron chi connectivity index (χ3n) is 4.70. The van der Waals surface area contributed by atoms with Crippen LogP contribution in [0.3, 0.4) is 0 Å². The van der Waals surface area contributed by atoms with Crippen LogP contribution in [-0.2, 0) is 0 Å². The van der Waals surface area contributed by atoms with E-state index in [-0.39, 0.29) is 17.9 Å². The first-order valence-corrected chi connectivity index (χ1v) is 9.95. The summed E-state index contributed by atoms with van der Waals surface area (Å²) in [6.07, 6.45) is 1.67. The van der Waals surface area contributed by atoms with E-state index in [1.807, 2.05) is 48.5 Å². The molecule has 0 aliphatic rings. The van der Waals surface area contributed by atoms with Crippen LogP contribution < -0.4 is 10.6 Å². The standard InChI is InChI=1S/C24H22N6O/c1-16(18-8-4-3-5-9-18)26-20-13-11-19(12-14-20)23(31)30-24-28-17(2)27-22(29-24)21-10-6-7-15-25-21/h3-16,26H,1-2H3,(H,27,28,29,30,31). The summed E-state index contributed by atoms with van der Waals surface area (Å²) in [7, 11) is 0. The van der Waals surface area contributed by atoms with Crippen LogP contribution in [-0.4, -0.2) is 25.8 Å². The number of nitrogens with one attached hydrogen (secondary N) is 2. The van der Waals surface area contributed by atoms with Crippen molar-refractivity contribution < 1.29 is 4.79 Å². The summed E-state index contributed by atoms with van der Waals surface area (Å²) in [6.45, 7) is 3.84. The number of hydrogen-bond donors (Lipinski definition) is 2. The van der Waals surface area contributed by atoms with Gasteiger partial charge in [0.25, 0.3) is 5.91 Å². The van der Waals surface area contributed by atoms with E-state index in [4.69, 9.17) is 0 Å². The van der Waals surface area contributed by atoms with E-state index < -0.39 is 0 Å². The molecule has 0 fully saturated rings. The molecule has 1 amide bonds. The summed E-state index contributed by atoms with van der Waals surface area (Å²) in [4.78, 5) is 29.8. The van der Waals surface area contributed by atoms with Gasteiger partial charge in [0.15, 0.2) is 5.82 Å². The number of nitrogens with zero attached hydrogens (tertiary/aromatic N) is 4. The van der Waals surface area contributed by atoms with Gasteiger partial charge in [-0.05, 0) is 55.8 Å². The number of benzene rings is 2. The fourth-order valence-electron chi connectivity index (χ4n) is 3.11. The molecule has 1 unspecified atom stereocenters. The van der Waals surface area contributed by atoms with E-state index in [2.05, 4.69) is 49.6 Å². The first-order chi connectivity index (χ1) is 15.1. The second kappa shape index (κ2) is 9.13. The van der Waals surface area contributed by atoms with E-state index in [1.54, 1.807) is 25.3 Å². The number of aromatic nitrogens is 4. The van der Waals surface area contributed by atoms with Gasteiger partial charge in [-0.3, -0.25) is 15.1 Å². The predicted molar refractivity (Wildman–Crippen MR) is 121 cm³/mol. The summed E-state index contributed by atoms with van der Waals surface area (Å²) in [6, 6.07) is 23.1. The van der Waals surface area contributed by atoms with E-state index in [1.165, 1.54) is 5.56 Å². The molecular formula is C24H22N6O. The van der Waals surface area contributed by atoms with Gasteiger partial charge in [0, 0.05) is 23.5 Å². The summed E-state index contributed by atoms with van der Waals surface area (Å²) >= 11 is 0. The average molecular weight is 410 g/mol. The molecular weight excluding hydrogens is 388 g/mol. The number of pyridine rings is 1. The van der Waals surface area contributed by atoms with Crippen molar-refractivity contribution in [2.24, 2.45) is 0 Å². The lowest BCUT2D eigenvalue weighted by atomic mass is 10.1. The minimum atomic E-state index is -0.291. The van der Waals surface area contributed by atoms with Crippen LogP contribution in [0.5, 0.6) is 0 Å². The Morgan fingerprint density at radius 1 is 0.871 bits per heavy atom. The molecule has 0 radical (unpaired) electrons. The van der Waals surface area contributed by atoms with Crippen LogP contribution in [0, 0.1) is 6.92 Å². The minimum Gasteiger partial charge on any atom is -0.379 e. The normalized spacial score (nSPS) is 11.5. The first kappa shape index (κ1) is 20.2. The lowest BCUT2D eigenvalue weighted by molar-refractivity contribution is 0.102. The molecule has 2 aromatic carbocycles. The van der Waals surface area contributed by atoms with Crippen molar-refractivity contribution in [1.29, 1.82) is 0 Å². The van der Waals surface area contributed by atoms with E-state index in [0.29, 0.717) is 22.9 Å². The third-order valence-corrected chi connectivity index (χ3v) is 4.70. The number of anilines is 2. The smallest absolute Gasteiger partial charge is 0.258 e. The summed E-state index contributed by atoms with van der Waals surface area (Å²) in [5, 5.41) is 6.18. The van der Waals surface area contributed by atoms with Crippen LogP contribution >= 0.6 is 0 Å². The highest BCUT2D eigenvalue weighted by Crippen LogP contribution is 2.20. The molecule has 0 bridgehead atoms. The van der Waals surface area contributed by atoms with Gasteiger partial charge >= 0.3 is 0 Å². The zero-order chi connectivity index (χ0) is 21.6. The molecule has 4 aromatic rings. The molecule has 0 aliphatic heterocycles. The van der Waals surface area contributed by atoms with Crippen molar-refractivity contribution in [3.8, 4) is 11.5 Å². The molecule has 0 saturated heterocycles. The number of aryl methyl sites for hydroxylation is 1. The van der Waals surface area contributed by atoms with Crippen molar-refractivity contribution in [3.05, 3.63) is 95.9 Å². The Kier molecular flexibility index (Phi) is 5.93. The number of rotatable bonds is 6. The second-order valence-electron chi connectivity index (χ2n) is 7.05. The van der Waals surface area contributed by atoms with Crippen LogP contribution in [0.1, 0.15) is 34.7 Å². The molecule has 2 N–H and O–H groups in total. The minimum absolute atomic E-state index is 0.152. The number of carbonyl (C=O) groups is 1. The second-order valence-corrected chi connectivity index (χ2v) is 7.05. The Morgan fingerprint density at radius 3 is 2.32 bits per heavy atom. The SMILES string of the molecule is Cc1nc(NC(=O)c2ccc(NC(C)c3ccccc3)cc2)nc(-c2ccccn2)n1. The average Bonchev–Trinajstić information content (AvgIpc) is 2.80. The highest BCUT2D eigenvalue weighted by atomic mass is 16.1. The molecule has 0 saturated carbocycles. The Bertz CT molecular complexity index is 1160. The number of hydrogen-bond acceptors (Lipinski definition) is 6. The van der Waals surface area contributed by atoms with E-state index in [0.717, 1.165) is 5.69 Å². The van der Waals surface area contributed by atoms with Gasteiger partial charge in [-0.25, -0.2) is 4.98 Å². The molecule has 2 heterocycles. The van der Waals surface area contributed by atoms with Crippen LogP contribution in [0.15, 0.2) is 79.0 Å². The maximum atomic E-state index is 12.7. The monoisotopic (exact) mass is 410 g/mol. The van der Waals surface area contributed by atoms with Crippen LogP contribution in [0.4, 0.5) is 11.6 Å². The summed E-state index contributed by atoms with van der Waals surface area (Å²) < 4.78 is 0. The maximum absolute atomic E-state index is 12.7. The topological polar surface area (TPSA) is 92.7 Å². The van der Waals surface area contributed by atoms with Crippen molar-refractivity contribution in [1.82, 2.24) is 19.9 Å². The summed E-state index contributed by atoms with van der Waals surface area (Å²) in [5.74, 6) is 0.816. The zero-order valence-electron chi connectivity index (χ0n) is 17.3. The van der Waals surface area contributed by atoms with E-state index in [9.17, 15) is 4.79 Å². The van der Waals surface area contributed by atoms with Gasteiger partial charge < -0.3 is 5.32 Å². The quantitative estimate of drug-likeness (QED) is 0.480. The molecule has 2 aromatic heterocycles. The van der Waals surface area contributed by atoms with Gasteiger partial charge in [-0.15, -0.1) is 0 Å². The van der Waals surface area contributed by atoms with Crippen LogP contribution in [0.25, 0.3) is 11.5 Å². The Morgan fingerprint density at radius 2 is 1.61 bits per heavy atom. The Hall–Kier alpha value is -4.13. The van der Waals surface area contributed by atoms with Gasteiger partial charge in [0.1, 0.15) is 11.5 Å². The molecule has 0 aliphatic carbocycles. The molecule has 0 spiro atoms. The Labute approximate surface area is 180 Å². The highest BCUT2D eigenvalue weighted by molar-refractivity contribution is 6.03. The summed E-state index contributed by atoms with van der Waals surface area (Å²) in [5.41, 5.74) is 3.25. The lowest BCUT2D eigenvalue weighted by Crippen LogP contribution is -2.15. The zero-order valence-corrected chi connectivity index (χ0v) is 17.3. The molecule has 4 rings (SSSR count). The fraction of sp³-hybridized carbons (Fsp3) is 0.125. The largest absolute Gasteiger partial charge is 0.379 e. The van der Waals surface area contributed by atoms with Crippen molar-refractivity contribution in [2.45, 2.75) is 19.9 Å². The van der Waals surface area contributed by atoms with Crippen molar-refractivity contribution >= 4 is 17.5 Å². The maximum Gasteiger partial charge on any atom is 0.258 e. The van der Waals surface area contributed by atoms with Crippen molar-refractivity contribution in [2.75, 3.05) is 10.6 Å². The number of carbonyl (C=O) groups excluding carboxylic acids is 1. The predicted octanol–water partition coefficient (Wildman–Crippen LogP) is 4.67. The molecule has 7 nitrogen and oxygen atoms in total. The molecule has 154 valence electrons. The molecule has 1 atom stereocenters. The highest BCUT2D eigenvalue weighted by Gasteiger charge is 2.12. The fourth-order valence-corrected chi connectivity index (χ4v) is 3.11. The number of amides is 1. The van der Waals surface area contributed by atoms with Gasteiger partial charge in [0.05, 0.1) is 0 Å². The van der Waals surface area contributed by atoms with Gasteiger partial charge in [0.2, 0.25) is 5.95 Å². The van der Waals surface area contributed by atoms with Gasteiger partial charge in [-0.2, -0.15) is 9.97 Å². The van der Waals surface area contributed by atoms with Crippen LogP contribution in [0.2, 0.25) is 0 Å².